The van der Waals surface area contributed by atoms with Crippen LogP contribution in [0.1, 0.15) is 51.5 Å². The molecule has 0 atom stereocenters. The number of nitrogens with zero attached hydrogens (tertiary/aromatic N) is 5. The molecule has 2 fully saturated rings. The number of tetrazole rings is 1. The average Bonchev–Trinajstić information content (AvgIpc) is 3.25. The van der Waals surface area contributed by atoms with Crippen LogP contribution in [0, 0.1) is 5.92 Å². The highest BCUT2D eigenvalue weighted by Crippen LogP contribution is 2.28. The van der Waals surface area contributed by atoms with E-state index in [1.165, 1.54) is 0 Å². The fourth-order valence-corrected chi connectivity index (χ4v) is 4.31. The topological polar surface area (TPSA) is 93.0 Å². The Labute approximate surface area is 170 Å². The summed E-state index contributed by atoms with van der Waals surface area (Å²) in [6.45, 7) is 2.95. The van der Waals surface area contributed by atoms with E-state index in [0.717, 1.165) is 44.1 Å². The maximum Gasteiger partial charge on any atom is 0.223 e. The van der Waals surface area contributed by atoms with Gasteiger partial charge in [0.2, 0.25) is 17.6 Å². The standard InChI is InChI=1S/C21H28N6O2/c1-15(28)26-13-11-17(12-14-26)21(29)22-18-7-9-19(10-8-18)27-24-20(23-25-27)16-5-3-2-4-6-16/h2-6,17-19H,7-14H2,1H3,(H,22,29). The zero-order valence-electron chi connectivity index (χ0n) is 16.8. The summed E-state index contributed by atoms with van der Waals surface area (Å²) < 4.78 is 0. The normalized spacial score (nSPS) is 23.0. The van der Waals surface area contributed by atoms with E-state index in [0.29, 0.717) is 18.9 Å². The van der Waals surface area contributed by atoms with Crippen molar-refractivity contribution in [1.82, 2.24) is 30.4 Å². The van der Waals surface area contributed by atoms with Gasteiger partial charge >= 0.3 is 0 Å². The summed E-state index contributed by atoms with van der Waals surface area (Å²) in [6, 6.07) is 10.3. The van der Waals surface area contributed by atoms with Gasteiger partial charge in [0.05, 0.1) is 6.04 Å². The highest BCUT2D eigenvalue weighted by molar-refractivity contribution is 5.79. The van der Waals surface area contributed by atoms with Crippen LogP contribution >= 0.6 is 0 Å². The third-order valence-corrected chi connectivity index (χ3v) is 6.14. The Hall–Kier alpha value is -2.77. The molecule has 154 valence electrons. The molecule has 2 heterocycles. The Kier molecular flexibility index (Phi) is 5.87. The fourth-order valence-electron chi connectivity index (χ4n) is 4.31. The van der Waals surface area contributed by atoms with E-state index in [9.17, 15) is 9.59 Å². The molecule has 1 aliphatic carbocycles. The third-order valence-electron chi connectivity index (χ3n) is 6.14. The van der Waals surface area contributed by atoms with Gasteiger partial charge in [-0.05, 0) is 43.7 Å². The Morgan fingerprint density at radius 2 is 1.69 bits per heavy atom. The van der Waals surface area contributed by atoms with Crippen molar-refractivity contribution in [1.29, 1.82) is 0 Å². The molecular formula is C21H28N6O2. The average molecular weight is 396 g/mol. The van der Waals surface area contributed by atoms with Crippen molar-refractivity contribution in [2.24, 2.45) is 5.92 Å². The molecule has 1 N–H and O–H groups in total. The summed E-state index contributed by atoms with van der Waals surface area (Å²) in [6.07, 6.45) is 5.21. The molecule has 1 aromatic carbocycles. The molecule has 2 aliphatic rings. The molecule has 0 unspecified atom stereocenters. The summed E-state index contributed by atoms with van der Waals surface area (Å²) in [5, 5.41) is 16.2. The molecular weight excluding hydrogens is 368 g/mol. The SMILES string of the molecule is CC(=O)N1CCC(C(=O)NC2CCC(n3nnc(-c4ccccc4)n3)CC2)CC1. The molecule has 0 radical (unpaired) electrons. The minimum absolute atomic E-state index is 0.0220. The first-order chi connectivity index (χ1) is 14.1. The maximum atomic E-state index is 12.6. The Balaban J connectivity index is 1.25. The zero-order valence-corrected chi connectivity index (χ0v) is 16.8. The van der Waals surface area contributed by atoms with Crippen molar-refractivity contribution in [3.63, 3.8) is 0 Å². The van der Waals surface area contributed by atoms with E-state index in [2.05, 4.69) is 20.7 Å². The van der Waals surface area contributed by atoms with Crippen LogP contribution in [-0.4, -0.2) is 56.1 Å². The first kappa shape index (κ1) is 19.5. The van der Waals surface area contributed by atoms with Gasteiger partial charge in [0, 0.05) is 37.5 Å². The number of carbonyl (C=O) groups excluding carboxylic acids is 2. The molecule has 0 bridgehead atoms. The smallest absolute Gasteiger partial charge is 0.223 e. The molecule has 1 saturated carbocycles. The number of amides is 2. The summed E-state index contributed by atoms with van der Waals surface area (Å²) in [4.78, 5) is 27.6. The molecule has 1 saturated heterocycles. The molecule has 2 amide bonds. The van der Waals surface area contributed by atoms with Crippen LogP contribution in [0.5, 0.6) is 0 Å². The monoisotopic (exact) mass is 396 g/mol. The van der Waals surface area contributed by atoms with Crippen molar-refractivity contribution in [2.75, 3.05) is 13.1 Å². The highest BCUT2D eigenvalue weighted by Gasteiger charge is 2.30. The molecule has 29 heavy (non-hydrogen) atoms. The summed E-state index contributed by atoms with van der Waals surface area (Å²) in [5.41, 5.74) is 0.968. The van der Waals surface area contributed by atoms with E-state index >= 15 is 0 Å². The van der Waals surface area contributed by atoms with Crippen LogP contribution in [-0.2, 0) is 9.59 Å². The van der Waals surface area contributed by atoms with Crippen LogP contribution in [0.3, 0.4) is 0 Å². The van der Waals surface area contributed by atoms with Crippen molar-refractivity contribution in [3.8, 4) is 11.4 Å². The summed E-state index contributed by atoms with van der Waals surface area (Å²) in [7, 11) is 0. The van der Waals surface area contributed by atoms with Crippen molar-refractivity contribution >= 4 is 11.8 Å². The first-order valence-corrected chi connectivity index (χ1v) is 10.5. The first-order valence-electron chi connectivity index (χ1n) is 10.5. The quantitative estimate of drug-likeness (QED) is 0.855. The summed E-state index contributed by atoms with van der Waals surface area (Å²) >= 11 is 0. The van der Waals surface area contributed by atoms with Gasteiger partial charge in [-0.2, -0.15) is 4.80 Å². The molecule has 1 aliphatic heterocycles. The van der Waals surface area contributed by atoms with E-state index in [1.807, 2.05) is 35.2 Å². The molecule has 4 rings (SSSR count). The molecule has 1 aromatic heterocycles. The van der Waals surface area contributed by atoms with E-state index in [4.69, 9.17) is 0 Å². The van der Waals surface area contributed by atoms with Crippen molar-refractivity contribution < 1.29 is 9.59 Å². The third kappa shape index (κ3) is 4.63. The number of aromatic nitrogens is 4. The van der Waals surface area contributed by atoms with Crippen molar-refractivity contribution in [3.05, 3.63) is 30.3 Å². The number of carbonyl (C=O) groups is 2. The lowest BCUT2D eigenvalue weighted by molar-refractivity contribution is -0.134. The van der Waals surface area contributed by atoms with Crippen LogP contribution < -0.4 is 5.32 Å². The van der Waals surface area contributed by atoms with Gasteiger partial charge in [0.15, 0.2) is 0 Å². The van der Waals surface area contributed by atoms with Crippen LogP contribution in [0.2, 0.25) is 0 Å². The van der Waals surface area contributed by atoms with Crippen LogP contribution in [0.4, 0.5) is 0 Å². The number of hydrogen-bond acceptors (Lipinski definition) is 5. The number of hydrogen-bond donors (Lipinski definition) is 1. The summed E-state index contributed by atoms with van der Waals surface area (Å²) in [5.74, 6) is 0.910. The predicted octanol–water partition coefficient (Wildman–Crippen LogP) is 2.20. The van der Waals surface area contributed by atoms with E-state index in [1.54, 1.807) is 11.7 Å². The lowest BCUT2D eigenvalue weighted by Gasteiger charge is -2.33. The second-order valence-electron chi connectivity index (χ2n) is 8.09. The molecule has 0 spiro atoms. The number of likely N-dealkylation sites (tertiary alicyclic amines) is 1. The Morgan fingerprint density at radius 1 is 1.00 bits per heavy atom. The van der Waals surface area contributed by atoms with Gasteiger partial charge in [-0.1, -0.05) is 30.3 Å². The van der Waals surface area contributed by atoms with E-state index in [-0.39, 0.29) is 29.8 Å². The Bertz CT molecular complexity index is 836. The van der Waals surface area contributed by atoms with Gasteiger partial charge in [-0.25, -0.2) is 0 Å². The minimum Gasteiger partial charge on any atom is -0.353 e. The van der Waals surface area contributed by atoms with Gasteiger partial charge in [-0.15, -0.1) is 10.2 Å². The lowest BCUT2D eigenvalue weighted by Crippen LogP contribution is -2.45. The maximum absolute atomic E-state index is 12.6. The number of rotatable bonds is 4. The van der Waals surface area contributed by atoms with Crippen LogP contribution in [0.25, 0.3) is 11.4 Å². The van der Waals surface area contributed by atoms with Gasteiger partial charge < -0.3 is 10.2 Å². The Morgan fingerprint density at radius 3 is 2.34 bits per heavy atom. The molecule has 2 aromatic rings. The lowest BCUT2D eigenvalue weighted by atomic mass is 9.90. The zero-order chi connectivity index (χ0) is 20.2. The van der Waals surface area contributed by atoms with Gasteiger partial charge in [0.1, 0.15) is 0 Å². The van der Waals surface area contributed by atoms with Gasteiger partial charge in [0.25, 0.3) is 0 Å². The largest absolute Gasteiger partial charge is 0.353 e. The highest BCUT2D eigenvalue weighted by atomic mass is 16.2. The molecule has 8 nitrogen and oxygen atoms in total. The number of nitrogens with one attached hydrogen (secondary N) is 1. The number of benzene rings is 1. The van der Waals surface area contributed by atoms with Gasteiger partial charge in [-0.3, -0.25) is 9.59 Å². The second-order valence-corrected chi connectivity index (χ2v) is 8.09. The van der Waals surface area contributed by atoms with Crippen LogP contribution in [0.15, 0.2) is 30.3 Å². The van der Waals surface area contributed by atoms with E-state index < -0.39 is 0 Å². The van der Waals surface area contributed by atoms with Crippen molar-refractivity contribution in [2.45, 2.75) is 57.5 Å². The predicted molar refractivity (Wildman–Crippen MR) is 108 cm³/mol. The fraction of sp³-hybridized carbons (Fsp3) is 0.571. The second kappa shape index (κ2) is 8.71. The number of piperidine rings is 1. The molecule has 8 heteroatoms. The minimum atomic E-state index is 0.0220.